The average molecular weight is 290 g/mol. The lowest BCUT2D eigenvalue weighted by Gasteiger charge is -2.57. The van der Waals surface area contributed by atoms with Gasteiger partial charge in [-0.3, -0.25) is 4.79 Å². The maximum absolute atomic E-state index is 13.1. The molecule has 1 aliphatic heterocycles. The van der Waals surface area contributed by atoms with Crippen LogP contribution in [0, 0.1) is 23.2 Å². The summed E-state index contributed by atoms with van der Waals surface area (Å²) in [5.74, 6) is 3.06. The molecule has 0 aromatic rings. The Kier molecular flexibility index (Phi) is 3.33. The van der Waals surface area contributed by atoms with Gasteiger partial charge >= 0.3 is 0 Å². The first kappa shape index (κ1) is 14.0. The number of amides is 1. The molecule has 5 aliphatic rings. The lowest BCUT2D eigenvalue weighted by atomic mass is 9.53. The van der Waals surface area contributed by atoms with Crippen LogP contribution in [0.3, 0.4) is 0 Å². The zero-order valence-corrected chi connectivity index (χ0v) is 13.4. The van der Waals surface area contributed by atoms with Gasteiger partial charge < -0.3 is 10.6 Å². The zero-order chi connectivity index (χ0) is 14.5. The average Bonchev–Trinajstić information content (AvgIpc) is 2.46. The van der Waals surface area contributed by atoms with Gasteiger partial charge in [0, 0.05) is 12.1 Å². The number of piperidine rings is 1. The molecule has 0 aromatic heterocycles. The Balaban J connectivity index is 1.51. The summed E-state index contributed by atoms with van der Waals surface area (Å²) < 4.78 is 0. The van der Waals surface area contributed by atoms with Gasteiger partial charge in [-0.1, -0.05) is 6.92 Å². The number of rotatable bonds is 3. The third-order valence-corrected chi connectivity index (χ3v) is 7.05. The van der Waals surface area contributed by atoms with Crippen LogP contribution in [0.25, 0.3) is 0 Å². The highest BCUT2D eigenvalue weighted by Crippen LogP contribution is 2.55. The minimum atomic E-state index is -0.137. The van der Waals surface area contributed by atoms with Crippen molar-refractivity contribution in [2.24, 2.45) is 23.2 Å². The van der Waals surface area contributed by atoms with Crippen molar-refractivity contribution in [1.82, 2.24) is 10.6 Å². The highest BCUT2D eigenvalue weighted by atomic mass is 16.2. The Morgan fingerprint density at radius 3 is 2.24 bits per heavy atom. The monoisotopic (exact) mass is 290 g/mol. The van der Waals surface area contributed by atoms with Crippen molar-refractivity contribution in [3.8, 4) is 0 Å². The van der Waals surface area contributed by atoms with E-state index < -0.39 is 0 Å². The molecule has 2 N–H and O–H groups in total. The highest BCUT2D eigenvalue weighted by Gasteiger charge is 2.53. The van der Waals surface area contributed by atoms with Crippen LogP contribution in [0.5, 0.6) is 0 Å². The van der Waals surface area contributed by atoms with E-state index in [1.54, 1.807) is 0 Å². The van der Waals surface area contributed by atoms with Gasteiger partial charge in [-0.15, -0.1) is 0 Å². The van der Waals surface area contributed by atoms with Crippen molar-refractivity contribution >= 4 is 5.91 Å². The van der Waals surface area contributed by atoms with E-state index in [4.69, 9.17) is 0 Å². The second-order valence-electron chi connectivity index (χ2n) is 8.57. The van der Waals surface area contributed by atoms with E-state index in [1.807, 2.05) is 0 Å². The maximum Gasteiger partial charge on any atom is 0.227 e. The molecule has 1 atom stereocenters. The third kappa shape index (κ3) is 2.32. The summed E-state index contributed by atoms with van der Waals surface area (Å²) in [7, 11) is 0. The Morgan fingerprint density at radius 1 is 1.14 bits per heavy atom. The van der Waals surface area contributed by atoms with Crippen molar-refractivity contribution in [3.05, 3.63) is 0 Å². The Labute approximate surface area is 128 Å². The van der Waals surface area contributed by atoms with E-state index in [0.717, 1.165) is 50.1 Å². The normalized spacial score (nSPS) is 48.3. The van der Waals surface area contributed by atoms with Crippen LogP contribution >= 0.6 is 0 Å². The van der Waals surface area contributed by atoms with Gasteiger partial charge in [-0.05, 0) is 82.1 Å². The summed E-state index contributed by atoms with van der Waals surface area (Å²) in [5.41, 5.74) is 0.0348. The quantitative estimate of drug-likeness (QED) is 0.839. The van der Waals surface area contributed by atoms with Gasteiger partial charge in [-0.25, -0.2) is 0 Å². The summed E-state index contributed by atoms with van der Waals surface area (Å²) in [5, 5.41) is 7.06. The number of hydrogen-bond acceptors (Lipinski definition) is 2. The molecule has 1 amide bonds. The molecule has 0 radical (unpaired) electrons. The lowest BCUT2D eigenvalue weighted by Crippen LogP contribution is -2.63. The zero-order valence-electron chi connectivity index (χ0n) is 13.4. The molecule has 4 aliphatic carbocycles. The first-order chi connectivity index (χ1) is 10.1. The summed E-state index contributed by atoms with van der Waals surface area (Å²) in [4.78, 5) is 13.1. The predicted octanol–water partition coefficient (Wildman–Crippen LogP) is 2.85. The fraction of sp³-hybridized carbons (Fsp3) is 0.944. The topological polar surface area (TPSA) is 41.1 Å². The molecule has 1 heterocycles. The summed E-state index contributed by atoms with van der Waals surface area (Å²) in [6, 6.07) is 0. The fourth-order valence-electron chi connectivity index (χ4n) is 6.26. The molecule has 21 heavy (non-hydrogen) atoms. The van der Waals surface area contributed by atoms with E-state index in [9.17, 15) is 4.79 Å². The van der Waals surface area contributed by atoms with Crippen molar-refractivity contribution in [1.29, 1.82) is 0 Å². The van der Waals surface area contributed by atoms with Crippen LogP contribution in [-0.4, -0.2) is 24.5 Å². The van der Waals surface area contributed by atoms with E-state index in [-0.39, 0.29) is 11.0 Å². The number of carbonyl (C=O) groups is 1. The molecule has 4 bridgehead atoms. The molecule has 0 spiro atoms. The van der Waals surface area contributed by atoms with Crippen molar-refractivity contribution < 1.29 is 4.79 Å². The van der Waals surface area contributed by atoms with Crippen LogP contribution < -0.4 is 10.6 Å². The number of carbonyl (C=O) groups excluding carboxylic acids is 1. The molecule has 0 aromatic carbocycles. The summed E-state index contributed by atoms with van der Waals surface area (Å²) in [6.45, 7) is 4.14. The smallest absolute Gasteiger partial charge is 0.227 e. The lowest BCUT2D eigenvalue weighted by molar-refractivity contribution is -0.138. The van der Waals surface area contributed by atoms with Crippen LogP contribution in [0.2, 0.25) is 0 Å². The highest BCUT2D eigenvalue weighted by molar-refractivity contribution is 5.83. The molecular formula is C18H30N2O. The van der Waals surface area contributed by atoms with E-state index in [1.165, 1.54) is 38.5 Å². The largest absolute Gasteiger partial charge is 0.350 e. The first-order valence-electron chi connectivity index (χ1n) is 9.16. The van der Waals surface area contributed by atoms with E-state index in [0.29, 0.717) is 5.91 Å². The van der Waals surface area contributed by atoms with Gasteiger partial charge in [-0.2, -0.15) is 0 Å². The number of hydrogen-bond donors (Lipinski definition) is 2. The van der Waals surface area contributed by atoms with Gasteiger partial charge in [0.05, 0.1) is 5.41 Å². The van der Waals surface area contributed by atoms with Crippen molar-refractivity contribution in [2.45, 2.75) is 70.3 Å². The maximum atomic E-state index is 13.1. The van der Waals surface area contributed by atoms with Crippen LogP contribution in [-0.2, 0) is 4.79 Å². The molecule has 3 heteroatoms. The molecule has 5 fully saturated rings. The van der Waals surface area contributed by atoms with Crippen molar-refractivity contribution in [2.75, 3.05) is 13.1 Å². The Hall–Kier alpha value is -0.570. The Bertz CT molecular complexity index is 390. The first-order valence-corrected chi connectivity index (χ1v) is 9.16. The number of nitrogens with one attached hydrogen (secondary N) is 2. The Morgan fingerprint density at radius 2 is 1.76 bits per heavy atom. The predicted molar refractivity (Wildman–Crippen MR) is 83.9 cm³/mol. The summed E-state index contributed by atoms with van der Waals surface area (Å²) in [6.07, 6.45) is 11.3. The molecule has 118 valence electrons. The molecule has 1 unspecified atom stereocenters. The van der Waals surface area contributed by atoms with Gasteiger partial charge in [0.2, 0.25) is 5.91 Å². The minimum Gasteiger partial charge on any atom is -0.350 e. The molecule has 5 rings (SSSR count). The van der Waals surface area contributed by atoms with Gasteiger partial charge in [0.25, 0.3) is 0 Å². The second-order valence-corrected chi connectivity index (χ2v) is 8.57. The van der Waals surface area contributed by atoms with E-state index in [2.05, 4.69) is 17.6 Å². The SMILES string of the molecule is CCC1(C(=O)NC23CC4CC(CC(C4)C2)C3)CCCNC1. The standard InChI is InChI=1S/C18H30N2O/c1-2-17(4-3-5-19-12-17)16(21)20-18-9-13-6-14(10-18)8-15(7-13)11-18/h13-15,19H,2-12H2,1H3,(H,20,21). The molecule has 4 saturated carbocycles. The molecule has 3 nitrogen and oxygen atoms in total. The van der Waals surface area contributed by atoms with E-state index >= 15 is 0 Å². The second kappa shape index (κ2) is 4.97. The van der Waals surface area contributed by atoms with Crippen LogP contribution in [0.15, 0.2) is 0 Å². The minimum absolute atomic E-state index is 0.137. The third-order valence-electron chi connectivity index (χ3n) is 7.05. The fourth-order valence-corrected chi connectivity index (χ4v) is 6.26. The van der Waals surface area contributed by atoms with Crippen LogP contribution in [0.4, 0.5) is 0 Å². The van der Waals surface area contributed by atoms with Crippen molar-refractivity contribution in [3.63, 3.8) is 0 Å². The van der Waals surface area contributed by atoms with Gasteiger partial charge in [0.15, 0.2) is 0 Å². The summed E-state index contributed by atoms with van der Waals surface area (Å²) >= 11 is 0. The van der Waals surface area contributed by atoms with Gasteiger partial charge in [0.1, 0.15) is 0 Å². The molecule has 1 saturated heterocycles. The van der Waals surface area contributed by atoms with Crippen LogP contribution in [0.1, 0.15) is 64.7 Å². The molecular weight excluding hydrogens is 260 g/mol.